The number of carbonyl (C=O) groups excluding carboxylic acids is 1. The fourth-order valence-electron chi connectivity index (χ4n) is 2.47. The first kappa shape index (κ1) is 19.4. The summed E-state index contributed by atoms with van der Waals surface area (Å²) in [6, 6.07) is 13.2. The van der Waals surface area contributed by atoms with Crippen LogP contribution < -0.4 is 0 Å². The highest BCUT2D eigenvalue weighted by atomic mass is 35.5. The number of benzene rings is 2. The summed E-state index contributed by atoms with van der Waals surface area (Å²) in [6.45, 7) is 2.09. The molecule has 3 rings (SSSR count). The number of rotatable bonds is 6. The molecule has 8 heteroatoms. The van der Waals surface area contributed by atoms with Crippen LogP contribution in [0.5, 0.6) is 0 Å². The zero-order valence-corrected chi connectivity index (χ0v) is 16.3. The molecule has 0 bridgehead atoms. The highest BCUT2D eigenvalue weighted by molar-refractivity contribution is 8.00. The van der Waals surface area contributed by atoms with E-state index in [1.165, 1.54) is 23.9 Å². The zero-order valence-electron chi connectivity index (χ0n) is 14.7. The summed E-state index contributed by atoms with van der Waals surface area (Å²) >= 11 is 7.05. The van der Waals surface area contributed by atoms with Crippen LogP contribution >= 0.6 is 23.4 Å². The second-order valence-corrected chi connectivity index (χ2v) is 7.69. The van der Waals surface area contributed by atoms with Crippen molar-refractivity contribution in [3.05, 3.63) is 64.9 Å². The van der Waals surface area contributed by atoms with Crippen molar-refractivity contribution in [2.45, 2.75) is 23.9 Å². The maximum atomic E-state index is 13.3. The first-order chi connectivity index (χ1) is 12.9. The first-order valence-corrected chi connectivity index (χ1v) is 9.43. The molecule has 0 aliphatic carbocycles. The lowest BCUT2D eigenvalue weighted by molar-refractivity contribution is -0.129. The fourth-order valence-corrected chi connectivity index (χ4v) is 3.39. The average Bonchev–Trinajstić information content (AvgIpc) is 3.10. The Hall–Kier alpha value is -2.38. The van der Waals surface area contributed by atoms with Gasteiger partial charge < -0.3 is 9.32 Å². The van der Waals surface area contributed by atoms with E-state index in [1.54, 1.807) is 55.3 Å². The third kappa shape index (κ3) is 5.08. The number of hydrogen-bond donors (Lipinski definition) is 0. The van der Waals surface area contributed by atoms with Crippen LogP contribution in [-0.4, -0.2) is 33.3 Å². The molecule has 0 aliphatic heterocycles. The number of hydrogen-bond acceptors (Lipinski definition) is 5. The molecule has 0 fully saturated rings. The van der Waals surface area contributed by atoms with Crippen molar-refractivity contribution in [2.24, 2.45) is 0 Å². The summed E-state index contributed by atoms with van der Waals surface area (Å²) in [7, 11) is 1.68. The van der Waals surface area contributed by atoms with E-state index in [9.17, 15) is 9.18 Å². The number of amides is 1. The summed E-state index contributed by atoms with van der Waals surface area (Å²) in [4.78, 5) is 14.1. The highest BCUT2D eigenvalue weighted by Gasteiger charge is 2.22. The summed E-state index contributed by atoms with van der Waals surface area (Å²) < 4.78 is 18.9. The van der Waals surface area contributed by atoms with Crippen molar-refractivity contribution in [1.29, 1.82) is 0 Å². The van der Waals surface area contributed by atoms with Crippen LogP contribution in [0.25, 0.3) is 11.5 Å². The van der Waals surface area contributed by atoms with Crippen LogP contribution in [0.1, 0.15) is 12.5 Å². The molecule has 140 valence electrons. The molecule has 0 unspecified atom stereocenters. The number of aromatic nitrogens is 2. The van der Waals surface area contributed by atoms with E-state index in [1.807, 2.05) is 0 Å². The Morgan fingerprint density at radius 3 is 2.70 bits per heavy atom. The van der Waals surface area contributed by atoms with Crippen molar-refractivity contribution in [1.82, 2.24) is 15.1 Å². The van der Waals surface area contributed by atoms with Gasteiger partial charge in [-0.3, -0.25) is 4.79 Å². The molecule has 1 amide bonds. The number of thioether (sulfide) groups is 1. The minimum absolute atomic E-state index is 0.115. The number of nitrogens with zero attached hydrogens (tertiary/aromatic N) is 3. The Kier molecular flexibility index (Phi) is 6.13. The topological polar surface area (TPSA) is 59.2 Å². The van der Waals surface area contributed by atoms with E-state index in [-0.39, 0.29) is 11.7 Å². The van der Waals surface area contributed by atoms with E-state index < -0.39 is 5.25 Å². The Morgan fingerprint density at radius 2 is 2.00 bits per heavy atom. The van der Waals surface area contributed by atoms with E-state index in [2.05, 4.69) is 10.2 Å². The molecular weight excluding hydrogens is 389 g/mol. The molecule has 0 aliphatic rings. The SMILES string of the molecule is C[C@H](Sc1nnc(-c2ccc(Cl)cc2)o1)C(=O)N(C)Cc1cccc(F)c1. The third-order valence-corrected chi connectivity index (χ3v) is 4.98. The number of halogens is 2. The molecule has 0 N–H and O–H groups in total. The first-order valence-electron chi connectivity index (χ1n) is 8.18. The molecule has 5 nitrogen and oxygen atoms in total. The van der Waals surface area contributed by atoms with Crippen molar-refractivity contribution in [3.8, 4) is 11.5 Å². The van der Waals surface area contributed by atoms with Crippen molar-refractivity contribution in [3.63, 3.8) is 0 Å². The van der Waals surface area contributed by atoms with Gasteiger partial charge in [0.25, 0.3) is 5.22 Å². The van der Waals surface area contributed by atoms with Crippen LogP contribution in [0.4, 0.5) is 4.39 Å². The van der Waals surface area contributed by atoms with Crippen molar-refractivity contribution >= 4 is 29.3 Å². The third-order valence-electron chi connectivity index (χ3n) is 3.81. The lowest BCUT2D eigenvalue weighted by atomic mass is 10.2. The molecule has 27 heavy (non-hydrogen) atoms. The summed E-state index contributed by atoms with van der Waals surface area (Å²) in [6.07, 6.45) is 0. The van der Waals surface area contributed by atoms with Gasteiger partial charge in [-0.05, 0) is 48.9 Å². The molecule has 3 aromatic rings. The summed E-state index contributed by atoms with van der Waals surface area (Å²) in [5.41, 5.74) is 1.48. The second kappa shape index (κ2) is 8.54. The molecule has 1 atom stereocenters. The van der Waals surface area contributed by atoms with Gasteiger partial charge in [0.05, 0.1) is 5.25 Å². The van der Waals surface area contributed by atoms with Gasteiger partial charge in [-0.2, -0.15) is 0 Å². The fraction of sp³-hybridized carbons (Fsp3) is 0.211. The molecule has 1 heterocycles. The minimum Gasteiger partial charge on any atom is -0.411 e. The smallest absolute Gasteiger partial charge is 0.277 e. The van der Waals surface area contributed by atoms with Crippen LogP contribution in [-0.2, 0) is 11.3 Å². The van der Waals surface area contributed by atoms with Crippen LogP contribution in [0.15, 0.2) is 58.2 Å². The van der Waals surface area contributed by atoms with Gasteiger partial charge in [0.15, 0.2) is 0 Å². The largest absolute Gasteiger partial charge is 0.411 e. The van der Waals surface area contributed by atoms with Gasteiger partial charge in [0.2, 0.25) is 11.8 Å². The summed E-state index contributed by atoms with van der Waals surface area (Å²) in [5.74, 6) is -0.0752. The van der Waals surface area contributed by atoms with Gasteiger partial charge in [0, 0.05) is 24.2 Å². The van der Waals surface area contributed by atoms with Gasteiger partial charge in [-0.25, -0.2) is 4.39 Å². The quantitative estimate of drug-likeness (QED) is 0.558. The Bertz CT molecular complexity index is 933. The highest BCUT2D eigenvalue weighted by Crippen LogP contribution is 2.27. The Morgan fingerprint density at radius 1 is 1.26 bits per heavy atom. The van der Waals surface area contributed by atoms with E-state index >= 15 is 0 Å². The average molecular weight is 406 g/mol. The van der Waals surface area contributed by atoms with E-state index in [4.69, 9.17) is 16.0 Å². The van der Waals surface area contributed by atoms with E-state index in [0.717, 1.165) is 11.1 Å². The van der Waals surface area contributed by atoms with Gasteiger partial charge in [0.1, 0.15) is 5.82 Å². The van der Waals surface area contributed by atoms with Crippen LogP contribution in [0, 0.1) is 5.82 Å². The van der Waals surface area contributed by atoms with Crippen molar-refractivity contribution < 1.29 is 13.6 Å². The van der Waals surface area contributed by atoms with Gasteiger partial charge in [-0.1, -0.05) is 35.5 Å². The molecule has 0 saturated carbocycles. The maximum absolute atomic E-state index is 13.3. The molecule has 0 spiro atoms. The Balaban J connectivity index is 1.61. The predicted octanol–water partition coefficient (Wildman–Crippen LogP) is 4.67. The number of carbonyl (C=O) groups is 1. The lowest BCUT2D eigenvalue weighted by Gasteiger charge is -2.20. The zero-order chi connectivity index (χ0) is 19.4. The molecule has 0 saturated heterocycles. The van der Waals surface area contributed by atoms with Crippen LogP contribution in [0.2, 0.25) is 5.02 Å². The van der Waals surface area contributed by atoms with Gasteiger partial charge >= 0.3 is 0 Å². The standard InChI is InChI=1S/C19H17ClFN3O2S/c1-12(18(25)24(2)11-13-4-3-5-16(21)10-13)27-19-23-22-17(26-19)14-6-8-15(20)9-7-14/h3-10,12H,11H2,1-2H3/t12-/m0/s1. The molecule has 0 radical (unpaired) electrons. The monoisotopic (exact) mass is 405 g/mol. The van der Waals surface area contributed by atoms with Crippen molar-refractivity contribution in [2.75, 3.05) is 7.05 Å². The predicted molar refractivity (Wildman–Crippen MR) is 103 cm³/mol. The maximum Gasteiger partial charge on any atom is 0.277 e. The second-order valence-electron chi connectivity index (χ2n) is 5.96. The van der Waals surface area contributed by atoms with Gasteiger partial charge in [-0.15, -0.1) is 10.2 Å². The van der Waals surface area contributed by atoms with Crippen LogP contribution in [0.3, 0.4) is 0 Å². The Labute approximate surface area is 165 Å². The normalized spacial score (nSPS) is 12.0. The summed E-state index contributed by atoms with van der Waals surface area (Å²) in [5, 5.41) is 8.48. The van der Waals surface area contributed by atoms with E-state index in [0.29, 0.717) is 22.7 Å². The minimum atomic E-state index is -0.429. The molecule has 2 aromatic carbocycles. The lowest BCUT2D eigenvalue weighted by Crippen LogP contribution is -2.32. The molecular formula is C19H17ClFN3O2S. The molecule has 1 aromatic heterocycles.